The molecule has 0 bridgehead atoms. The number of carbonyl (C=O) groups excluding carboxylic acids is 1. The van der Waals surface area contributed by atoms with Crippen molar-refractivity contribution < 1.29 is 14.1 Å². The Morgan fingerprint density at radius 3 is 2.64 bits per heavy atom. The maximum Gasteiger partial charge on any atom is 0.492 e. The monoisotopic (exact) mass is 342 g/mol. The molecule has 7 nitrogen and oxygen atoms in total. The number of hydrogen-bond acceptors (Lipinski definition) is 5. The number of nitrogens with zero attached hydrogens (tertiary/aromatic N) is 2. The Kier molecular flexibility index (Phi) is 4.42. The molecule has 1 amide bonds. The number of nitrogens with one attached hydrogen (secondary N) is 2. The minimum atomic E-state index is -0.555. The fourth-order valence-corrected chi connectivity index (χ4v) is 2.53. The highest BCUT2D eigenvalue weighted by molar-refractivity contribution is 6.56. The van der Waals surface area contributed by atoms with Gasteiger partial charge in [0.05, 0.1) is 23.1 Å². The molecule has 1 aliphatic heterocycles. The predicted molar refractivity (Wildman–Crippen MR) is 96.6 cm³/mol. The zero-order chi connectivity index (χ0) is 18.2. The van der Waals surface area contributed by atoms with E-state index in [0.29, 0.717) is 12.2 Å². The van der Waals surface area contributed by atoms with Crippen LogP contribution < -0.4 is 5.32 Å². The van der Waals surface area contributed by atoms with Crippen molar-refractivity contribution in [2.75, 3.05) is 6.54 Å². The number of H-pyrrole nitrogens is 1. The van der Waals surface area contributed by atoms with Crippen LogP contribution >= 0.6 is 0 Å². The lowest BCUT2D eigenvalue weighted by molar-refractivity contribution is -0.118. The minimum Gasteiger partial charge on any atom is -0.400 e. The van der Waals surface area contributed by atoms with Crippen molar-refractivity contribution in [3.63, 3.8) is 0 Å². The molecule has 25 heavy (non-hydrogen) atoms. The van der Waals surface area contributed by atoms with Crippen LogP contribution in [0.3, 0.4) is 0 Å². The van der Waals surface area contributed by atoms with Crippen molar-refractivity contribution in [2.45, 2.75) is 45.8 Å². The Hall–Kier alpha value is -2.19. The zero-order valence-electron chi connectivity index (χ0n) is 15.2. The first kappa shape index (κ1) is 17.6. The van der Waals surface area contributed by atoms with Crippen molar-refractivity contribution in [1.29, 1.82) is 0 Å². The summed E-state index contributed by atoms with van der Waals surface area (Å²) < 4.78 is 12.2. The fourth-order valence-electron chi connectivity index (χ4n) is 2.53. The van der Waals surface area contributed by atoms with Gasteiger partial charge < -0.3 is 19.6 Å². The molecule has 3 rings (SSSR count). The van der Waals surface area contributed by atoms with Crippen molar-refractivity contribution in [1.82, 2.24) is 20.3 Å². The average molecular weight is 342 g/mol. The van der Waals surface area contributed by atoms with Gasteiger partial charge >= 0.3 is 7.12 Å². The van der Waals surface area contributed by atoms with Gasteiger partial charge in [0.2, 0.25) is 5.91 Å². The molecule has 1 saturated heterocycles. The van der Waals surface area contributed by atoms with E-state index in [2.05, 4.69) is 20.3 Å². The number of aromatic nitrogens is 3. The molecule has 0 unspecified atom stereocenters. The van der Waals surface area contributed by atoms with Crippen LogP contribution in [0.15, 0.2) is 23.9 Å². The van der Waals surface area contributed by atoms with Gasteiger partial charge in [-0.2, -0.15) is 0 Å². The molecule has 1 aliphatic rings. The summed E-state index contributed by atoms with van der Waals surface area (Å²) in [4.78, 5) is 23.3. The minimum absolute atomic E-state index is 0.116. The van der Waals surface area contributed by atoms with Gasteiger partial charge in [-0.25, -0.2) is 9.97 Å². The van der Waals surface area contributed by atoms with Gasteiger partial charge in [-0.15, -0.1) is 0 Å². The summed E-state index contributed by atoms with van der Waals surface area (Å²) in [5.41, 5.74) is 2.07. The lowest BCUT2D eigenvalue weighted by Crippen LogP contribution is -2.41. The second-order valence-corrected chi connectivity index (χ2v) is 7.22. The second-order valence-electron chi connectivity index (χ2n) is 7.22. The zero-order valence-corrected chi connectivity index (χ0v) is 15.2. The molecule has 0 spiro atoms. The molecule has 0 aromatic carbocycles. The molecule has 0 atom stereocenters. The summed E-state index contributed by atoms with van der Waals surface area (Å²) >= 11 is 0. The average Bonchev–Trinajstić information content (AvgIpc) is 3.05. The summed E-state index contributed by atoms with van der Waals surface area (Å²) in [6, 6.07) is 1.86. The summed E-state index contributed by atoms with van der Waals surface area (Å²) in [6.45, 7) is 9.78. The fraction of sp³-hybridized carbons (Fsp3) is 0.471. The Labute approximate surface area is 147 Å². The second kappa shape index (κ2) is 6.27. The molecule has 8 heteroatoms. The normalized spacial score (nSPS) is 19.4. The third-order valence-electron chi connectivity index (χ3n) is 4.71. The number of fused-ring (bicyclic) bond motifs is 1. The van der Waals surface area contributed by atoms with Crippen molar-refractivity contribution in [3.8, 4) is 0 Å². The van der Waals surface area contributed by atoms with Crippen LogP contribution in [0.1, 0.15) is 40.3 Å². The Balaban J connectivity index is 1.92. The Morgan fingerprint density at radius 2 is 2.00 bits per heavy atom. The summed E-state index contributed by atoms with van der Waals surface area (Å²) in [5, 5.41) is 2.81. The van der Waals surface area contributed by atoms with Gasteiger partial charge in [0, 0.05) is 19.7 Å². The van der Waals surface area contributed by atoms with E-state index in [1.807, 2.05) is 39.8 Å². The van der Waals surface area contributed by atoms with Crippen LogP contribution in [0, 0.1) is 0 Å². The van der Waals surface area contributed by atoms with Gasteiger partial charge in [0.1, 0.15) is 5.52 Å². The number of hydrogen-bond donors (Lipinski definition) is 2. The summed E-state index contributed by atoms with van der Waals surface area (Å²) in [6.07, 6.45) is 5.33. The predicted octanol–water partition coefficient (Wildman–Crippen LogP) is 2.11. The first-order valence-electron chi connectivity index (χ1n) is 8.29. The third kappa shape index (κ3) is 3.59. The number of aromatic amines is 1. The van der Waals surface area contributed by atoms with Crippen molar-refractivity contribution >= 4 is 30.3 Å². The smallest absolute Gasteiger partial charge is 0.400 e. The number of rotatable bonds is 4. The number of carbonyl (C=O) groups is 1. The molecule has 2 aromatic heterocycles. The van der Waals surface area contributed by atoms with E-state index in [4.69, 9.17) is 9.31 Å². The van der Waals surface area contributed by atoms with Crippen LogP contribution in [-0.4, -0.2) is 45.7 Å². The van der Waals surface area contributed by atoms with E-state index in [0.717, 1.165) is 16.6 Å². The topological polar surface area (TPSA) is 89.1 Å². The molecule has 3 heterocycles. The van der Waals surface area contributed by atoms with E-state index in [1.54, 1.807) is 12.4 Å². The highest BCUT2D eigenvalue weighted by Crippen LogP contribution is 2.38. The summed E-state index contributed by atoms with van der Waals surface area (Å²) in [7, 11) is -0.555. The van der Waals surface area contributed by atoms with E-state index in [-0.39, 0.29) is 5.91 Å². The standard InChI is InChI=1S/C17H23BN4O3/c1-11(23)20-9-12(18-24-16(2,3)17(4,5)25-18)8-13-10-21-15-14(22-13)6-7-19-15/h6-8,10H,9H2,1-5H3,(H,19,21)(H,20,23). The Bertz CT molecular complexity index is 812. The molecule has 0 saturated carbocycles. The van der Waals surface area contributed by atoms with E-state index in [1.165, 1.54) is 6.92 Å². The molecular weight excluding hydrogens is 319 g/mol. The first-order chi connectivity index (χ1) is 11.7. The molecule has 2 N–H and O–H groups in total. The maximum absolute atomic E-state index is 11.4. The molecular formula is C17H23BN4O3. The highest BCUT2D eigenvalue weighted by atomic mass is 16.7. The van der Waals surface area contributed by atoms with Crippen LogP contribution in [0.25, 0.3) is 17.2 Å². The van der Waals surface area contributed by atoms with Crippen molar-refractivity contribution in [3.05, 3.63) is 29.6 Å². The molecule has 132 valence electrons. The molecule has 0 aliphatic carbocycles. The molecule has 2 aromatic rings. The van der Waals surface area contributed by atoms with Gasteiger partial charge in [0.15, 0.2) is 5.65 Å². The van der Waals surface area contributed by atoms with Gasteiger partial charge in [-0.3, -0.25) is 4.79 Å². The lowest BCUT2D eigenvalue weighted by Gasteiger charge is -2.32. The number of amides is 1. The van der Waals surface area contributed by atoms with Crippen molar-refractivity contribution in [2.24, 2.45) is 0 Å². The maximum atomic E-state index is 11.4. The van der Waals surface area contributed by atoms with Gasteiger partial charge in [0.25, 0.3) is 0 Å². The van der Waals surface area contributed by atoms with Crippen LogP contribution in [0.2, 0.25) is 0 Å². The quantitative estimate of drug-likeness (QED) is 0.831. The van der Waals surface area contributed by atoms with Crippen LogP contribution in [0.4, 0.5) is 0 Å². The van der Waals surface area contributed by atoms with Crippen LogP contribution in [0.5, 0.6) is 0 Å². The molecule has 0 radical (unpaired) electrons. The van der Waals surface area contributed by atoms with E-state index < -0.39 is 18.3 Å². The van der Waals surface area contributed by atoms with E-state index >= 15 is 0 Å². The molecule has 1 fully saturated rings. The highest BCUT2D eigenvalue weighted by Gasteiger charge is 2.52. The largest absolute Gasteiger partial charge is 0.492 e. The summed E-state index contributed by atoms with van der Waals surface area (Å²) in [5.74, 6) is -0.116. The lowest BCUT2D eigenvalue weighted by atomic mass is 9.77. The van der Waals surface area contributed by atoms with Crippen LogP contribution in [-0.2, 0) is 14.1 Å². The van der Waals surface area contributed by atoms with E-state index in [9.17, 15) is 4.79 Å². The van der Waals surface area contributed by atoms with Gasteiger partial charge in [-0.1, -0.05) is 0 Å². The SMILES string of the molecule is CC(=O)NCC(=Cc1cnc2[nH]ccc2n1)B1OC(C)(C)C(C)(C)O1. The Morgan fingerprint density at radius 1 is 1.32 bits per heavy atom. The first-order valence-corrected chi connectivity index (χ1v) is 8.29. The third-order valence-corrected chi connectivity index (χ3v) is 4.71. The van der Waals surface area contributed by atoms with Gasteiger partial charge in [-0.05, 0) is 45.3 Å².